The topological polar surface area (TPSA) is 68.9 Å². The van der Waals surface area contributed by atoms with Crippen molar-refractivity contribution in [2.24, 2.45) is 4.99 Å². The molecule has 6 rings (SSSR count). The third kappa shape index (κ3) is 5.97. The van der Waals surface area contributed by atoms with Gasteiger partial charge in [-0.1, -0.05) is 24.3 Å². The minimum Gasteiger partial charge on any atom is -0.494 e. The van der Waals surface area contributed by atoms with Gasteiger partial charge in [-0.05, 0) is 117 Å². The Labute approximate surface area is 248 Å². The van der Waals surface area contributed by atoms with Crippen molar-refractivity contribution in [2.75, 3.05) is 31.1 Å². The normalized spacial score (nSPS) is 18.0. The van der Waals surface area contributed by atoms with E-state index in [1.54, 1.807) is 6.07 Å². The van der Waals surface area contributed by atoms with Gasteiger partial charge in [-0.3, -0.25) is 9.69 Å². The lowest BCUT2D eigenvalue weighted by molar-refractivity contribution is -0.122. The van der Waals surface area contributed by atoms with Crippen LogP contribution < -0.4 is 9.64 Å². The number of nitrogens with zero attached hydrogens (tertiary/aromatic N) is 4. The van der Waals surface area contributed by atoms with E-state index in [-0.39, 0.29) is 5.91 Å². The van der Waals surface area contributed by atoms with Crippen LogP contribution >= 0.6 is 0 Å². The first-order valence-electron chi connectivity index (χ1n) is 15.3. The van der Waals surface area contributed by atoms with E-state index >= 15 is 0 Å². The highest BCUT2D eigenvalue weighted by molar-refractivity contribution is 6.17. The molecule has 0 atom stereocenters. The van der Waals surface area contributed by atoms with Crippen LogP contribution in [0.15, 0.2) is 71.2 Å². The Balaban J connectivity index is 1.23. The molecule has 0 saturated carbocycles. The van der Waals surface area contributed by atoms with Gasteiger partial charge in [0.25, 0.3) is 5.91 Å². The van der Waals surface area contributed by atoms with Crippen LogP contribution in [-0.2, 0) is 24.1 Å². The van der Waals surface area contributed by atoms with E-state index in [9.17, 15) is 10.1 Å². The molecular formula is C36H38N4O2. The number of unbranched alkanes of at least 4 members (excludes halogenated alkanes) is 1. The predicted octanol–water partition coefficient (Wildman–Crippen LogP) is 7.02. The maximum Gasteiger partial charge on any atom is 0.255 e. The van der Waals surface area contributed by atoms with Crippen LogP contribution in [0.2, 0.25) is 0 Å². The zero-order chi connectivity index (χ0) is 28.9. The number of carbonyl (C=O) groups excluding carboxylic acids is 1. The first-order valence-corrected chi connectivity index (χ1v) is 15.3. The minimum atomic E-state index is 0.0252. The zero-order valence-corrected chi connectivity index (χ0v) is 24.4. The summed E-state index contributed by atoms with van der Waals surface area (Å²) in [6, 6.07) is 22.4. The predicted molar refractivity (Wildman–Crippen MR) is 168 cm³/mol. The van der Waals surface area contributed by atoms with Gasteiger partial charge in [0, 0.05) is 37.3 Å². The van der Waals surface area contributed by atoms with Gasteiger partial charge in [0.2, 0.25) is 0 Å². The fourth-order valence-corrected chi connectivity index (χ4v) is 6.51. The number of likely N-dealkylation sites (tertiary alicyclic amines) is 1. The molecule has 3 aromatic carbocycles. The molecule has 1 amide bonds. The fraction of sp³-hybridized carbons (Fsp3) is 0.361. The molecule has 0 aromatic heterocycles. The van der Waals surface area contributed by atoms with Gasteiger partial charge >= 0.3 is 0 Å². The molecule has 3 aliphatic rings. The Morgan fingerprint density at radius 1 is 1.00 bits per heavy atom. The number of aliphatic imine (C=N–C) groups is 1. The summed E-state index contributed by atoms with van der Waals surface area (Å²) in [6.45, 7) is 5.55. The second kappa shape index (κ2) is 12.7. The molecule has 6 heteroatoms. The second-order valence-electron chi connectivity index (χ2n) is 11.4. The maximum absolute atomic E-state index is 13.8. The van der Waals surface area contributed by atoms with Crippen molar-refractivity contribution < 1.29 is 9.53 Å². The van der Waals surface area contributed by atoms with Gasteiger partial charge < -0.3 is 9.64 Å². The number of amidine groups is 1. The molecule has 0 radical (unpaired) electrons. The standard InChI is InChI=1S/C36H38N4O2/c1-2-42-32-16-14-26(15-17-32)9-5-6-20-40-34(38-33-13-4-3-10-30(33)25-37)24-31(36(40)41)23-27-21-28-11-7-18-39-19-8-12-29(22-27)35(28)39/h3-4,10,13-17,21-23H,2,5-9,11-12,18-20,24H2,1H3/b31-23-,38-34+. The number of carbonyl (C=O) groups is 1. The van der Waals surface area contributed by atoms with Crippen molar-refractivity contribution in [3.63, 3.8) is 0 Å². The van der Waals surface area contributed by atoms with Crippen molar-refractivity contribution in [3.05, 3.63) is 94.1 Å². The molecule has 0 unspecified atom stereocenters. The molecule has 3 heterocycles. The number of hydrogen-bond donors (Lipinski definition) is 0. The van der Waals surface area contributed by atoms with Crippen molar-refractivity contribution in [1.29, 1.82) is 5.26 Å². The maximum atomic E-state index is 13.8. The molecule has 0 spiro atoms. The van der Waals surface area contributed by atoms with Crippen molar-refractivity contribution >= 4 is 29.2 Å². The Bertz CT molecular complexity index is 1530. The third-order valence-electron chi connectivity index (χ3n) is 8.48. The van der Waals surface area contributed by atoms with E-state index in [0.717, 1.165) is 67.9 Å². The van der Waals surface area contributed by atoms with Gasteiger partial charge in [0.05, 0.1) is 17.9 Å². The third-order valence-corrected chi connectivity index (χ3v) is 8.48. The number of anilines is 1. The van der Waals surface area contributed by atoms with E-state index in [1.165, 1.54) is 35.2 Å². The Morgan fingerprint density at radius 2 is 1.74 bits per heavy atom. The molecule has 6 nitrogen and oxygen atoms in total. The molecule has 3 aliphatic heterocycles. The lowest BCUT2D eigenvalue weighted by Crippen LogP contribution is -2.34. The molecule has 1 saturated heterocycles. The van der Waals surface area contributed by atoms with E-state index in [4.69, 9.17) is 9.73 Å². The first-order chi connectivity index (χ1) is 20.6. The Kier molecular flexibility index (Phi) is 8.37. The van der Waals surface area contributed by atoms with Gasteiger partial charge in [-0.15, -0.1) is 0 Å². The summed E-state index contributed by atoms with van der Waals surface area (Å²) < 4.78 is 5.56. The number of para-hydroxylation sites is 1. The van der Waals surface area contributed by atoms with E-state index < -0.39 is 0 Å². The summed E-state index contributed by atoms with van der Waals surface area (Å²) in [4.78, 5) is 23.1. The number of benzene rings is 3. The molecule has 0 bridgehead atoms. The van der Waals surface area contributed by atoms with E-state index in [0.29, 0.717) is 30.8 Å². The van der Waals surface area contributed by atoms with Crippen LogP contribution in [0.1, 0.15) is 66.8 Å². The van der Waals surface area contributed by atoms with Gasteiger partial charge in [0.1, 0.15) is 17.7 Å². The molecule has 1 fully saturated rings. The van der Waals surface area contributed by atoms with Crippen molar-refractivity contribution in [3.8, 4) is 11.8 Å². The molecule has 0 N–H and O–H groups in total. The van der Waals surface area contributed by atoms with Crippen molar-refractivity contribution in [1.82, 2.24) is 4.90 Å². The smallest absolute Gasteiger partial charge is 0.255 e. The molecule has 0 aliphatic carbocycles. The number of amides is 1. The fourth-order valence-electron chi connectivity index (χ4n) is 6.51. The SMILES string of the molecule is CCOc1ccc(CCCCN2C(=O)/C(=C\c3cc4c5c(c3)CCCN5CCC4)C/C2=N\c2ccccc2C#N)cc1. The number of ether oxygens (including phenoxy) is 1. The van der Waals surface area contributed by atoms with Crippen LogP contribution in [0.4, 0.5) is 11.4 Å². The number of nitriles is 1. The van der Waals surface area contributed by atoms with Gasteiger partial charge in [-0.25, -0.2) is 4.99 Å². The molecule has 214 valence electrons. The Morgan fingerprint density at radius 3 is 2.45 bits per heavy atom. The number of rotatable bonds is 9. The quantitative estimate of drug-likeness (QED) is 0.209. The van der Waals surface area contributed by atoms with Gasteiger partial charge in [0.15, 0.2) is 0 Å². The van der Waals surface area contributed by atoms with E-state index in [2.05, 4.69) is 41.3 Å². The lowest BCUT2D eigenvalue weighted by atomic mass is 9.89. The van der Waals surface area contributed by atoms with Gasteiger partial charge in [-0.2, -0.15) is 5.26 Å². The van der Waals surface area contributed by atoms with Crippen LogP contribution in [-0.4, -0.2) is 42.9 Å². The largest absolute Gasteiger partial charge is 0.494 e. The van der Waals surface area contributed by atoms with Crippen LogP contribution in [0.5, 0.6) is 5.75 Å². The monoisotopic (exact) mass is 558 g/mol. The van der Waals surface area contributed by atoms with Crippen molar-refractivity contribution in [2.45, 2.75) is 58.3 Å². The highest BCUT2D eigenvalue weighted by Crippen LogP contribution is 2.37. The van der Waals surface area contributed by atoms with Crippen LogP contribution in [0, 0.1) is 11.3 Å². The highest BCUT2D eigenvalue weighted by Gasteiger charge is 2.32. The molecular weight excluding hydrogens is 520 g/mol. The number of aryl methyl sites for hydroxylation is 3. The zero-order valence-electron chi connectivity index (χ0n) is 24.4. The second-order valence-corrected chi connectivity index (χ2v) is 11.4. The first kappa shape index (κ1) is 27.8. The summed E-state index contributed by atoms with van der Waals surface area (Å²) >= 11 is 0. The summed E-state index contributed by atoms with van der Waals surface area (Å²) in [7, 11) is 0. The summed E-state index contributed by atoms with van der Waals surface area (Å²) in [6.07, 6.45) is 9.89. The molecule has 42 heavy (non-hydrogen) atoms. The summed E-state index contributed by atoms with van der Waals surface area (Å²) in [5.74, 6) is 1.64. The van der Waals surface area contributed by atoms with Crippen LogP contribution in [0.25, 0.3) is 6.08 Å². The average Bonchev–Trinajstić information content (AvgIpc) is 3.29. The molecule has 3 aromatic rings. The average molecular weight is 559 g/mol. The van der Waals surface area contributed by atoms with Crippen LogP contribution in [0.3, 0.4) is 0 Å². The number of hydrogen-bond acceptors (Lipinski definition) is 5. The lowest BCUT2D eigenvalue weighted by Gasteiger charge is -2.37. The summed E-state index contributed by atoms with van der Waals surface area (Å²) in [5.41, 5.74) is 8.55. The Hall–Kier alpha value is -4.37. The van der Waals surface area contributed by atoms with E-state index in [1.807, 2.05) is 42.2 Å². The minimum absolute atomic E-state index is 0.0252. The highest BCUT2D eigenvalue weighted by atomic mass is 16.5. The summed E-state index contributed by atoms with van der Waals surface area (Å²) in [5, 5.41) is 9.63.